The lowest BCUT2D eigenvalue weighted by atomic mass is 10.6. The molecule has 0 aliphatic heterocycles. The van der Waals surface area contributed by atoms with Gasteiger partial charge in [-0.2, -0.15) is 0 Å². The highest BCUT2D eigenvalue weighted by atomic mass is 127. The van der Waals surface area contributed by atoms with E-state index in [1.165, 1.54) is 6.92 Å². The van der Waals surface area contributed by atoms with E-state index in [4.69, 9.17) is 42.6 Å². The van der Waals surface area contributed by atoms with Gasteiger partial charge in [0.1, 0.15) is 6.61 Å². The molecule has 186 valence electrons. The minimum atomic E-state index is -0.306. The first-order chi connectivity index (χ1) is 15.3. The number of halogens is 1. The van der Waals surface area contributed by atoms with Crippen LogP contribution in [0.2, 0.25) is 0 Å². The Morgan fingerprint density at radius 3 is 0.903 bits per heavy atom. The van der Waals surface area contributed by atoms with Crippen LogP contribution in [0.15, 0.2) is 0 Å². The molecule has 0 aromatic heterocycles. The van der Waals surface area contributed by atoms with Crippen LogP contribution in [0.25, 0.3) is 0 Å². The monoisotopic (exact) mass is 566 g/mol. The average molecular weight is 566 g/mol. The third kappa shape index (κ3) is 29.9. The van der Waals surface area contributed by atoms with Gasteiger partial charge in [0, 0.05) is 11.4 Å². The molecule has 10 nitrogen and oxygen atoms in total. The molecule has 0 fully saturated rings. The summed E-state index contributed by atoms with van der Waals surface area (Å²) in [7, 11) is 0. The van der Waals surface area contributed by atoms with E-state index in [1.807, 2.05) is 0 Å². The summed E-state index contributed by atoms with van der Waals surface area (Å²) in [6, 6.07) is 0. The van der Waals surface area contributed by atoms with Gasteiger partial charge in [-0.25, -0.2) is 0 Å². The predicted octanol–water partition coefficient (Wildman–Crippen LogP) is 1.12. The highest BCUT2D eigenvalue weighted by Gasteiger charge is 1.96. The molecule has 31 heavy (non-hydrogen) atoms. The molecule has 0 amide bonds. The summed E-state index contributed by atoms with van der Waals surface area (Å²) in [5.74, 6) is -0.306. The van der Waals surface area contributed by atoms with E-state index in [1.54, 1.807) is 0 Å². The Bertz CT molecular complexity index is 363. The van der Waals surface area contributed by atoms with Crippen molar-refractivity contribution in [3.63, 3.8) is 0 Å². The molecule has 0 N–H and O–H groups in total. The highest BCUT2D eigenvalue weighted by molar-refractivity contribution is 14.1. The zero-order valence-corrected chi connectivity index (χ0v) is 20.8. The Hall–Kier alpha value is -0.120. The minimum absolute atomic E-state index is 0.266. The van der Waals surface area contributed by atoms with Gasteiger partial charge in [-0.05, 0) is 0 Å². The maximum Gasteiger partial charge on any atom is 0.302 e. The maximum atomic E-state index is 10.5. The van der Waals surface area contributed by atoms with Crippen molar-refractivity contribution in [2.24, 2.45) is 0 Å². The van der Waals surface area contributed by atoms with Gasteiger partial charge in [0.2, 0.25) is 0 Å². The quantitative estimate of drug-likeness (QED) is 0.0656. The number of carbonyl (C=O) groups excluding carboxylic acids is 1. The van der Waals surface area contributed by atoms with Gasteiger partial charge < -0.3 is 42.6 Å². The van der Waals surface area contributed by atoms with E-state index in [0.29, 0.717) is 99.1 Å². The Kier molecular flexibility index (Phi) is 27.8. The van der Waals surface area contributed by atoms with E-state index in [9.17, 15) is 4.79 Å². The topological polar surface area (TPSA) is 100 Å². The van der Waals surface area contributed by atoms with Gasteiger partial charge in [-0.3, -0.25) is 4.79 Å². The van der Waals surface area contributed by atoms with E-state index < -0.39 is 0 Å². The van der Waals surface area contributed by atoms with Crippen LogP contribution in [0.4, 0.5) is 0 Å². The Morgan fingerprint density at radius 2 is 0.677 bits per heavy atom. The lowest BCUT2D eigenvalue weighted by Gasteiger charge is -2.08. The van der Waals surface area contributed by atoms with Crippen LogP contribution in [0, 0.1) is 0 Å². The fourth-order valence-corrected chi connectivity index (χ4v) is 2.25. The molecule has 0 aliphatic rings. The molecule has 0 aromatic carbocycles. The maximum absolute atomic E-state index is 10.5. The van der Waals surface area contributed by atoms with Gasteiger partial charge in [0.25, 0.3) is 0 Å². The third-order valence-electron chi connectivity index (χ3n) is 3.36. The lowest BCUT2D eigenvalue weighted by Crippen LogP contribution is -2.15. The Balaban J connectivity index is 3.00. The van der Waals surface area contributed by atoms with Gasteiger partial charge in [0.15, 0.2) is 0 Å². The lowest BCUT2D eigenvalue weighted by molar-refractivity contribution is -0.142. The number of alkyl halides is 1. The van der Waals surface area contributed by atoms with Crippen molar-refractivity contribution < 1.29 is 47.4 Å². The number of hydrogen-bond acceptors (Lipinski definition) is 10. The van der Waals surface area contributed by atoms with Crippen LogP contribution in [-0.4, -0.2) is 123 Å². The first kappa shape index (κ1) is 30.9. The number of hydrogen-bond donors (Lipinski definition) is 0. The van der Waals surface area contributed by atoms with E-state index in [0.717, 1.165) is 11.0 Å². The second-order valence-electron chi connectivity index (χ2n) is 5.93. The van der Waals surface area contributed by atoms with Crippen LogP contribution in [0.5, 0.6) is 0 Å². The zero-order chi connectivity index (χ0) is 22.7. The van der Waals surface area contributed by atoms with Crippen molar-refractivity contribution in [2.45, 2.75) is 6.92 Å². The molecule has 0 bridgehead atoms. The first-order valence-corrected chi connectivity index (χ1v) is 12.1. The number of rotatable bonds is 26. The Morgan fingerprint density at radius 1 is 0.452 bits per heavy atom. The average Bonchev–Trinajstić information content (AvgIpc) is 2.76. The SMILES string of the molecule is CC(=O)OCCOCCOCCOCCOCCOCCOCCOCCOCCI. The van der Waals surface area contributed by atoms with Crippen molar-refractivity contribution in [2.75, 3.05) is 117 Å². The molecule has 0 rings (SSSR count). The molecule has 0 saturated carbocycles. The molecule has 0 saturated heterocycles. The number of ether oxygens (including phenoxy) is 9. The first-order valence-electron chi connectivity index (χ1n) is 10.6. The van der Waals surface area contributed by atoms with E-state index in [-0.39, 0.29) is 12.6 Å². The van der Waals surface area contributed by atoms with Crippen LogP contribution in [0.3, 0.4) is 0 Å². The van der Waals surface area contributed by atoms with Crippen LogP contribution >= 0.6 is 22.6 Å². The summed E-state index contributed by atoms with van der Waals surface area (Å²) in [4.78, 5) is 10.5. The molecule has 0 radical (unpaired) electrons. The van der Waals surface area contributed by atoms with E-state index >= 15 is 0 Å². The fraction of sp³-hybridized carbons (Fsp3) is 0.950. The van der Waals surface area contributed by atoms with Crippen molar-refractivity contribution in [3.8, 4) is 0 Å². The number of carbonyl (C=O) groups is 1. The van der Waals surface area contributed by atoms with Crippen LogP contribution in [-0.2, 0) is 47.4 Å². The van der Waals surface area contributed by atoms with Crippen molar-refractivity contribution in [3.05, 3.63) is 0 Å². The molecule has 11 heteroatoms. The molecule has 0 aromatic rings. The summed E-state index contributed by atoms with van der Waals surface area (Å²) >= 11 is 2.27. The molecule has 0 spiro atoms. The predicted molar refractivity (Wildman–Crippen MR) is 122 cm³/mol. The van der Waals surface area contributed by atoms with Crippen molar-refractivity contribution in [1.82, 2.24) is 0 Å². The van der Waals surface area contributed by atoms with Gasteiger partial charge in [-0.15, -0.1) is 0 Å². The third-order valence-corrected chi connectivity index (χ3v) is 3.80. The van der Waals surface area contributed by atoms with Gasteiger partial charge in [-0.1, -0.05) is 22.6 Å². The van der Waals surface area contributed by atoms with Crippen LogP contribution < -0.4 is 0 Å². The zero-order valence-electron chi connectivity index (χ0n) is 18.7. The summed E-state index contributed by atoms with van der Waals surface area (Å²) < 4.78 is 48.6. The summed E-state index contributed by atoms with van der Waals surface area (Å²) in [6.07, 6.45) is 0. The molecule has 0 aliphatic carbocycles. The molecule has 0 heterocycles. The number of esters is 1. The molecular weight excluding hydrogens is 527 g/mol. The fourth-order valence-electron chi connectivity index (χ4n) is 1.94. The van der Waals surface area contributed by atoms with Gasteiger partial charge >= 0.3 is 5.97 Å². The van der Waals surface area contributed by atoms with Crippen LogP contribution in [0.1, 0.15) is 6.92 Å². The van der Waals surface area contributed by atoms with Gasteiger partial charge in [0.05, 0.1) is 106 Å². The summed E-state index contributed by atoms with van der Waals surface area (Å²) in [6.45, 7) is 10.2. The molecular formula is C20H39IO10. The Labute approximate surface area is 199 Å². The summed E-state index contributed by atoms with van der Waals surface area (Å²) in [5.41, 5.74) is 0. The minimum Gasteiger partial charge on any atom is -0.463 e. The normalized spacial score (nSPS) is 11.2. The second-order valence-corrected chi connectivity index (χ2v) is 7.01. The largest absolute Gasteiger partial charge is 0.463 e. The highest BCUT2D eigenvalue weighted by Crippen LogP contribution is 1.87. The molecule has 0 unspecified atom stereocenters. The smallest absolute Gasteiger partial charge is 0.302 e. The standard InChI is InChI=1S/C20H39IO10/c1-20(22)31-19-18-30-17-16-29-15-14-28-13-12-27-11-10-26-9-8-25-7-6-24-5-4-23-3-2-21/h2-19H2,1H3. The van der Waals surface area contributed by atoms with Crippen molar-refractivity contribution >= 4 is 28.6 Å². The summed E-state index contributed by atoms with van der Waals surface area (Å²) in [5, 5.41) is 0. The van der Waals surface area contributed by atoms with Crippen molar-refractivity contribution in [1.29, 1.82) is 0 Å². The molecule has 0 atom stereocenters. The van der Waals surface area contributed by atoms with E-state index in [2.05, 4.69) is 22.6 Å². The second kappa shape index (κ2) is 27.9.